The van der Waals surface area contributed by atoms with Crippen LogP contribution in [0.2, 0.25) is 4.34 Å². The highest BCUT2D eigenvalue weighted by molar-refractivity contribution is 7.16. The maximum atomic E-state index is 11.9. The van der Waals surface area contributed by atoms with E-state index < -0.39 is 6.09 Å². The molecule has 1 amide bonds. The molecule has 0 spiro atoms. The highest BCUT2D eigenvalue weighted by atomic mass is 35.5. The first-order valence-corrected chi connectivity index (χ1v) is 7.96. The molecular formula is C15H13ClN4O2S. The lowest BCUT2D eigenvalue weighted by Crippen LogP contribution is -2.13. The lowest BCUT2D eigenvalue weighted by molar-refractivity contribution is 0.156. The monoisotopic (exact) mass is 348 g/mol. The predicted molar refractivity (Wildman–Crippen MR) is 89.2 cm³/mol. The molecule has 1 N–H and O–H groups in total. The van der Waals surface area contributed by atoms with Crippen molar-refractivity contribution in [2.24, 2.45) is 0 Å². The number of amides is 1. The molecule has 0 saturated carbocycles. The van der Waals surface area contributed by atoms with Crippen LogP contribution in [0.5, 0.6) is 0 Å². The Morgan fingerprint density at radius 3 is 2.83 bits per heavy atom. The molecule has 0 aliphatic rings. The molecule has 6 nitrogen and oxygen atoms in total. The number of nitrogens with zero attached hydrogens (tertiary/aromatic N) is 3. The topological polar surface area (TPSA) is 69.0 Å². The number of thiophene rings is 1. The van der Waals surface area contributed by atoms with E-state index in [1.807, 2.05) is 25.1 Å². The third-order valence-corrected chi connectivity index (χ3v) is 4.33. The van der Waals surface area contributed by atoms with Crippen molar-refractivity contribution in [2.75, 3.05) is 5.32 Å². The highest BCUT2D eigenvalue weighted by Gasteiger charge is 2.12. The molecule has 0 aliphatic heterocycles. The van der Waals surface area contributed by atoms with Gasteiger partial charge in [0, 0.05) is 17.3 Å². The van der Waals surface area contributed by atoms with E-state index in [0.717, 1.165) is 16.3 Å². The molecule has 0 aliphatic carbocycles. The second-order valence-electron chi connectivity index (χ2n) is 4.67. The van der Waals surface area contributed by atoms with Crippen LogP contribution in [0.3, 0.4) is 0 Å². The Morgan fingerprint density at radius 1 is 1.35 bits per heavy atom. The van der Waals surface area contributed by atoms with Gasteiger partial charge in [0.05, 0.1) is 27.6 Å². The number of anilines is 1. The fourth-order valence-corrected chi connectivity index (χ4v) is 2.99. The third kappa shape index (κ3) is 3.69. The Labute approximate surface area is 141 Å². The van der Waals surface area contributed by atoms with Gasteiger partial charge in [-0.25, -0.2) is 9.48 Å². The minimum atomic E-state index is -0.535. The molecule has 0 saturated heterocycles. The summed E-state index contributed by atoms with van der Waals surface area (Å²) < 4.78 is 7.55. The van der Waals surface area contributed by atoms with Crippen molar-refractivity contribution in [2.45, 2.75) is 13.5 Å². The summed E-state index contributed by atoms with van der Waals surface area (Å²) in [5, 5.41) is 6.95. The van der Waals surface area contributed by atoms with Crippen molar-refractivity contribution in [1.29, 1.82) is 0 Å². The summed E-state index contributed by atoms with van der Waals surface area (Å²) in [7, 11) is 0. The van der Waals surface area contributed by atoms with Gasteiger partial charge in [-0.05, 0) is 31.2 Å². The Balaban J connectivity index is 1.64. The molecule has 0 fully saturated rings. The van der Waals surface area contributed by atoms with Gasteiger partial charge in [0.2, 0.25) is 0 Å². The number of rotatable bonds is 4. The molecule has 118 valence electrons. The number of carbonyl (C=O) groups is 1. The van der Waals surface area contributed by atoms with E-state index in [2.05, 4.69) is 15.4 Å². The number of nitrogens with one attached hydrogen (secondary N) is 1. The smallest absolute Gasteiger partial charge is 0.412 e. The first kappa shape index (κ1) is 15.5. The number of hydrogen-bond acceptors (Lipinski definition) is 5. The van der Waals surface area contributed by atoms with Crippen LogP contribution in [0.4, 0.5) is 10.5 Å². The zero-order valence-corrected chi connectivity index (χ0v) is 13.8. The lowest BCUT2D eigenvalue weighted by atomic mass is 10.3. The van der Waals surface area contributed by atoms with Crippen molar-refractivity contribution in [3.8, 4) is 5.69 Å². The number of pyridine rings is 1. The molecule has 3 heterocycles. The molecule has 0 unspecified atom stereocenters. The van der Waals surface area contributed by atoms with Gasteiger partial charge in [-0.3, -0.25) is 10.3 Å². The molecule has 0 bridgehead atoms. The van der Waals surface area contributed by atoms with E-state index in [1.54, 1.807) is 29.3 Å². The Morgan fingerprint density at radius 2 is 2.13 bits per heavy atom. The number of ether oxygens (including phenoxy) is 1. The van der Waals surface area contributed by atoms with Crippen molar-refractivity contribution >= 4 is 34.7 Å². The van der Waals surface area contributed by atoms with Crippen LogP contribution in [0.1, 0.15) is 10.6 Å². The fraction of sp³-hybridized carbons (Fsp3) is 0.133. The average molecular weight is 349 g/mol. The molecule has 3 aromatic rings. The number of halogens is 1. The van der Waals surface area contributed by atoms with Gasteiger partial charge in [-0.15, -0.1) is 11.3 Å². The van der Waals surface area contributed by atoms with Crippen LogP contribution in [0.25, 0.3) is 5.69 Å². The number of hydrogen-bond donors (Lipinski definition) is 1. The molecule has 0 aromatic carbocycles. The van der Waals surface area contributed by atoms with Crippen LogP contribution in [-0.2, 0) is 11.3 Å². The van der Waals surface area contributed by atoms with Gasteiger partial charge >= 0.3 is 6.09 Å². The van der Waals surface area contributed by atoms with Gasteiger partial charge in [0.1, 0.15) is 6.61 Å². The minimum Gasteiger partial charge on any atom is -0.444 e. The second-order valence-corrected chi connectivity index (χ2v) is 6.47. The summed E-state index contributed by atoms with van der Waals surface area (Å²) >= 11 is 7.21. The van der Waals surface area contributed by atoms with E-state index >= 15 is 0 Å². The van der Waals surface area contributed by atoms with Crippen molar-refractivity contribution in [3.63, 3.8) is 0 Å². The summed E-state index contributed by atoms with van der Waals surface area (Å²) in [5.74, 6) is 0. The number of carbonyl (C=O) groups excluding carboxylic acids is 1. The molecule has 0 radical (unpaired) electrons. The molecule has 0 atom stereocenters. The minimum absolute atomic E-state index is 0.181. The largest absolute Gasteiger partial charge is 0.444 e. The van der Waals surface area contributed by atoms with Crippen LogP contribution in [0.15, 0.2) is 42.9 Å². The van der Waals surface area contributed by atoms with Gasteiger partial charge < -0.3 is 4.74 Å². The Bertz CT molecular complexity index is 816. The summed E-state index contributed by atoms with van der Waals surface area (Å²) in [4.78, 5) is 16.7. The van der Waals surface area contributed by atoms with Gasteiger partial charge in [0.25, 0.3) is 0 Å². The first-order chi connectivity index (χ1) is 11.1. The van der Waals surface area contributed by atoms with E-state index in [1.165, 1.54) is 11.3 Å². The normalized spacial score (nSPS) is 10.5. The molecule has 3 rings (SSSR count). The Kier molecular flexibility index (Phi) is 4.59. The van der Waals surface area contributed by atoms with Crippen LogP contribution >= 0.6 is 22.9 Å². The van der Waals surface area contributed by atoms with Crippen molar-refractivity contribution in [1.82, 2.24) is 14.8 Å². The van der Waals surface area contributed by atoms with E-state index in [0.29, 0.717) is 10.0 Å². The maximum absolute atomic E-state index is 11.9. The second kappa shape index (κ2) is 6.80. The quantitative estimate of drug-likeness (QED) is 0.772. The SMILES string of the molecule is Cc1c(NC(=O)OCc2ccc(Cl)s2)cnn1-c1ccncc1. The van der Waals surface area contributed by atoms with Gasteiger partial charge in [0.15, 0.2) is 0 Å². The van der Waals surface area contributed by atoms with E-state index in [9.17, 15) is 4.79 Å². The Hall–Kier alpha value is -2.38. The average Bonchev–Trinajstić information content (AvgIpc) is 3.13. The first-order valence-electron chi connectivity index (χ1n) is 6.76. The zero-order chi connectivity index (χ0) is 16.2. The zero-order valence-electron chi connectivity index (χ0n) is 12.2. The number of aromatic nitrogens is 3. The lowest BCUT2D eigenvalue weighted by Gasteiger charge is -2.07. The maximum Gasteiger partial charge on any atom is 0.412 e. The van der Waals surface area contributed by atoms with Crippen molar-refractivity contribution in [3.05, 3.63) is 57.8 Å². The van der Waals surface area contributed by atoms with Crippen molar-refractivity contribution < 1.29 is 9.53 Å². The van der Waals surface area contributed by atoms with Crippen LogP contribution in [-0.4, -0.2) is 20.9 Å². The third-order valence-electron chi connectivity index (χ3n) is 3.13. The van der Waals surface area contributed by atoms with E-state index in [4.69, 9.17) is 16.3 Å². The summed E-state index contributed by atoms with van der Waals surface area (Å²) in [6.07, 6.45) is 4.42. The molecule has 23 heavy (non-hydrogen) atoms. The molecule has 8 heteroatoms. The van der Waals surface area contributed by atoms with Gasteiger partial charge in [-0.2, -0.15) is 5.10 Å². The van der Waals surface area contributed by atoms with Crippen LogP contribution < -0.4 is 5.32 Å². The summed E-state index contributed by atoms with van der Waals surface area (Å²) in [6.45, 7) is 2.04. The van der Waals surface area contributed by atoms with E-state index in [-0.39, 0.29) is 6.61 Å². The highest BCUT2D eigenvalue weighted by Crippen LogP contribution is 2.22. The summed E-state index contributed by atoms with van der Waals surface area (Å²) in [6, 6.07) is 7.27. The standard InChI is InChI=1S/C15H13ClN4O2S/c1-10-13(8-18-20(10)11-4-6-17-7-5-11)19-15(21)22-9-12-2-3-14(16)23-12/h2-8H,9H2,1H3,(H,19,21). The van der Waals surface area contributed by atoms with Gasteiger partial charge in [-0.1, -0.05) is 11.6 Å². The van der Waals surface area contributed by atoms with Crippen LogP contribution in [0, 0.1) is 6.92 Å². The molecular weight excluding hydrogens is 336 g/mol. The molecule has 3 aromatic heterocycles. The predicted octanol–water partition coefficient (Wildman–Crippen LogP) is 4.04. The summed E-state index contributed by atoms with van der Waals surface area (Å²) in [5.41, 5.74) is 2.26. The fourth-order valence-electron chi connectivity index (χ4n) is 1.99.